The second-order valence-electron chi connectivity index (χ2n) is 4.64. The van der Waals surface area contributed by atoms with E-state index in [4.69, 9.17) is 10.5 Å². The minimum Gasteiger partial charge on any atom is -0.396 e. The predicted molar refractivity (Wildman–Crippen MR) is 76.6 cm³/mol. The molecule has 0 aromatic heterocycles. The highest BCUT2D eigenvalue weighted by Gasteiger charge is 2.22. The molecule has 0 radical (unpaired) electrons. The Bertz CT molecular complexity index is 573. The Morgan fingerprint density at radius 1 is 1.35 bits per heavy atom. The first kappa shape index (κ1) is 16.9. The number of aryl methyl sites for hydroxylation is 1. The van der Waals surface area contributed by atoms with E-state index in [0.717, 1.165) is 12.5 Å². The van der Waals surface area contributed by atoms with Crippen molar-refractivity contribution in [3.63, 3.8) is 0 Å². The maximum absolute atomic E-state index is 13.4. The van der Waals surface area contributed by atoms with Gasteiger partial charge in [0, 0.05) is 20.3 Å². The molecular formula is C13H21FN2O3S. The van der Waals surface area contributed by atoms with Crippen LogP contribution < -0.4 is 10.5 Å². The average Bonchev–Trinajstić information content (AvgIpc) is 2.35. The lowest BCUT2D eigenvalue weighted by Gasteiger charge is -2.14. The SMILES string of the molecule is COCCCCNS(=O)(=O)c1c(C)cc(F)c(N)c1C. The number of nitrogens with one attached hydrogen (secondary N) is 1. The van der Waals surface area contributed by atoms with Gasteiger partial charge in [-0.15, -0.1) is 0 Å². The monoisotopic (exact) mass is 304 g/mol. The highest BCUT2D eigenvalue weighted by molar-refractivity contribution is 7.89. The zero-order chi connectivity index (χ0) is 15.3. The van der Waals surface area contributed by atoms with Crippen LogP contribution in [0.3, 0.4) is 0 Å². The third-order valence-corrected chi connectivity index (χ3v) is 4.79. The van der Waals surface area contributed by atoms with Crippen LogP contribution in [0.5, 0.6) is 0 Å². The summed E-state index contributed by atoms with van der Waals surface area (Å²) in [4.78, 5) is 0.0585. The first-order chi connectivity index (χ1) is 9.31. The number of nitrogen functional groups attached to an aromatic ring is 1. The van der Waals surface area contributed by atoms with Crippen LogP contribution in [0.15, 0.2) is 11.0 Å². The van der Waals surface area contributed by atoms with E-state index in [1.807, 2.05) is 0 Å². The molecule has 0 aliphatic carbocycles. The highest BCUT2D eigenvalue weighted by Crippen LogP contribution is 2.27. The molecule has 0 saturated heterocycles. The fourth-order valence-electron chi connectivity index (χ4n) is 1.99. The van der Waals surface area contributed by atoms with E-state index in [1.165, 1.54) is 6.92 Å². The molecule has 0 unspecified atom stereocenters. The number of hydrogen-bond donors (Lipinski definition) is 2. The smallest absolute Gasteiger partial charge is 0.241 e. The number of methoxy groups -OCH3 is 1. The van der Waals surface area contributed by atoms with Crippen molar-refractivity contribution < 1.29 is 17.5 Å². The summed E-state index contributed by atoms with van der Waals surface area (Å²) in [6, 6.07) is 1.14. The summed E-state index contributed by atoms with van der Waals surface area (Å²) in [5.74, 6) is -0.598. The molecule has 0 spiro atoms. The standard InChI is InChI=1S/C13H21FN2O3S/c1-9-8-11(14)12(15)10(2)13(9)20(17,18)16-6-4-5-7-19-3/h8,16H,4-7,15H2,1-3H3. The van der Waals surface area contributed by atoms with Crippen LogP contribution in [-0.2, 0) is 14.8 Å². The minimum atomic E-state index is -3.69. The first-order valence-corrected chi connectivity index (χ1v) is 7.83. The highest BCUT2D eigenvalue weighted by atomic mass is 32.2. The normalized spacial score (nSPS) is 11.8. The van der Waals surface area contributed by atoms with Crippen molar-refractivity contribution in [2.24, 2.45) is 0 Å². The summed E-state index contributed by atoms with van der Waals surface area (Å²) >= 11 is 0. The van der Waals surface area contributed by atoms with Crippen molar-refractivity contribution in [2.45, 2.75) is 31.6 Å². The van der Waals surface area contributed by atoms with E-state index in [-0.39, 0.29) is 16.1 Å². The molecule has 0 aliphatic heterocycles. The van der Waals surface area contributed by atoms with Crippen molar-refractivity contribution in [1.29, 1.82) is 0 Å². The molecule has 7 heteroatoms. The average molecular weight is 304 g/mol. The van der Waals surface area contributed by atoms with Crippen LogP contribution >= 0.6 is 0 Å². The largest absolute Gasteiger partial charge is 0.396 e. The molecular weight excluding hydrogens is 283 g/mol. The summed E-state index contributed by atoms with van der Waals surface area (Å²) in [6.45, 7) is 3.95. The zero-order valence-electron chi connectivity index (χ0n) is 12.0. The third kappa shape index (κ3) is 3.91. The Labute approximate surface area is 119 Å². The van der Waals surface area contributed by atoms with E-state index in [1.54, 1.807) is 14.0 Å². The Kier molecular flexibility index (Phi) is 5.91. The molecule has 1 rings (SSSR count). The molecule has 0 aliphatic rings. The van der Waals surface area contributed by atoms with Crippen LogP contribution in [0.1, 0.15) is 24.0 Å². The molecule has 5 nitrogen and oxygen atoms in total. The fourth-order valence-corrected chi connectivity index (χ4v) is 3.55. The van der Waals surface area contributed by atoms with Crippen LogP contribution in [-0.4, -0.2) is 28.7 Å². The molecule has 1 aromatic rings. The molecule has 0 atom stereocenters. The number of hydrogen-bond acceptors (Lipinski definition) is 4. The summed E-state index contributed by atoms with van der Waals surface area (Å²) < 4.78 is 45.3. The molecule has 3 N–H and O–H groups in total. The zero-order valence-corrected chi connectivity index (χ0v) is 12.8. The Morgan fingerprint density at radius 3 is 2.60 bits per heavy atom. The van der Waals surface area contributed by atoms with Crippen molar-refractivity contribution in [3.05, 3.63) is 23.0 Å². The van der Waals surface area contributed by atoms with Gasteiger partial charge < -0.3 is 10.5 Å². The van der Waals surface area contributed by atoms with E-state index in [2.05, 4.69) is 4.72 Å². The number of rotatable bonds is 7. The van der Waals surface area contributed by atoms with E-state index >= 15 is 0 Å². The van der Waals surface area contributed by atoms with E-state index in [0.29, 0.717) is 25.1 Å². The van der Waals surface area contributed by atoms with Gasteiger partial charge in [0.05, 0.1) is 10.6 Å². The maximum Gasteiger partial charge on any atom is 0.241 e. The van der Waals surface area contributed by atoms with Gasteiger partial charge in [0.1, 0.15) is 5.82 Å². The van der Waals surface area contributed by atoms with Gasteiger partial charge in [-0.05, 0) is 43.9 Å². The molecule has 1 aromatic carbocycles. The van der Waals surface area contributed by atoms with Crippen molar-refractivity contribution in [3.8, 4) is 0 Å². The van der Waals surface area contributed by atoms with E-state index in [9.17, 15) is 12.8 Å². The Balaban J connectivity index is 2.91. The lowest BCUT2D eigenvalue weighted by atomic mass is 10.1. The van der Waals surface area contributed by atoms with Crippen LogP contribution in [0.4, 0.5) is 10.1 Å². The second kappa shape index (κ2) is 7.01. The van der Waals surface area contributed by atoms with Crippen LogP contribution in [0, 0.1) is 19.7 Å². The molecule has 0 heterocycles. The summed E-state index contributed by atoms with van der Waals surface area (Å²) in [7, 11) is -2.09. The molecule has 0 saturated carbocycles. The number of ether oxygens (including phenoxy) is 1. The minimum absolute atomic E-state index is 0.0585. The van der Waals surface area contributed by atoms with Crippen molar-refractivity contribution >= 4 is 15.7 Å². The number of unbranched alkanes of at least 4 members (excludes halogenated alkanes) is 1. The van der Waals surface area contributed by atoms with Crippen molar-refractivity contribution in [1.82, 2.24) is 4.72 Å². The van der Waals surface area contributed by atoms with Gasteiger partial charge in [0.15, 0.2) is 0 Å². The number of nitrogens with two attached hydrogens (primary N) is 1. The molecule has 20 heavy (non-hydrogen) atoms. The summed E-state index contributed by atoms with van der Waals surface area (Å²) in [5.41, 5.74) is 6.02. The molecule has 114 valence electrons. The number of halogens is 1. The molecule has 0 bridgehead atoms. The Hall–Kier alpha value is -1.18. The topological polar surface area (TPSA) is 81.4 Å². The number of sulfonamides is 1. The van der Waals surface area contributed by atoms with Gasteiger partial charge in [0.2, 0.25) is 10.0 Å². The van der Waals surface area contributed by atoms with Gasteiger partial charge >= 0.3 is 0 Å². The quantitative estimate of drug-likeness (QED) is 0.594. The third-order valence-electron chi connectivity index (χ3n) is 3.04. The number of anilines is 1. The van der Waals surface area contributed by atoms with Gasteiger partial charge in [0.25, 0.3) is 0 Å². The van der Waals surface area contributed by atoms with Gasteiger partial charge in [-0.3, -0.25) is 0 Å². The van der Waals surface area contributed by atoms with Crippen LogP contribution in [0.2, 0.25) is 0 Å². The van der Waals surface area contributed by atoms with Gasteiger partial charge in [-0.25, -0.2) is 17.5 Å². The fraction of sp³-hybridized carbons (Fsp3) is 0.538. The molecule has 0 amide bonds. The lowest BCUT2D eigenvalue weighted by Crippen LogP contribution is -2.27. The van der Waals surface area contributed by atoms with Crippen LogP contribution in [0.25, 0.3) is 0 Å². The van der Waals surface area contributed by atoms with Crippen molar-refractivity contribution in [2.75, 3.05) is 26.0 Å². The van der Waals surface area contributed by atoms with E-state index < -0.39 is 15.8 Å². The molecule has 0 fully saturated rings. The lowest BCUT2D eigenvalue weighted by molar-refractivity contribution is 0.193. The van der Waals surface area contributed by atoms with Gasteiger partial charge in [-0.1, -0.05) is 0 Å². The summed E-state index contributed by atoms with van der Waals surface area (Å²) in [5, 5.41) is 0. The first-order valence-electron chi connectivity index (χ1n) is 6.35. The Morgan fingerprint density at radius 2 is 2.00 bits per heavy atom. The second-order valence-corrected chi connectivity index (χ2v) is 6.34. The van der Waals surface area contributed by atoms with Gasteiger partial charge in [-0.2, -0.15) is 0 Å². The maximum atomic E-state index is 13.4. The number of benzene rings is 1. The predicted octanol–water partition coefficient (Wildman–Crippen LogP) is 1.73. The summed E-state index contributed by atoms with van der Waals surface area (Å²) in [6.07, 6.45) is 1.43.